The summed E-state index contributed by atoms with van der Waals surface area (Å²) in [5, 5.41) is 12.1. The molecule has 0 aliphatic carbocycles. The van der Waals surface area contributed by atoms with Gasteiger partial charge in [-0.25, -0.2) is 4.98 Å². The van der Waals surface area contributed by atoms with Gasteiger partial charge in [-0.2, -0.15) is 0 Å². The zero-order valence-electron chi connectivity index (χ0n) is 10.0. The number of benzene rings is 1. The molecule has 1 aromatic heterocycles. The molecule has 0 amide bonds. The third-order valence-corrected chi connectivity index (χ3v) is 4.12. The first kappa shape index (κ1) is 11.9. The topological polar surface area (TPSA) is 36.4 Å². The zero-order chi connectivity index (χ0) is 12.5. The highest BCUT2D eigenvalue weighted by Gasteiger charge is 2.20. The summed E-state index contributed by atoms with van der Waals surface area (Å²) in [6.45, 7) is 1.65. The molecule has 3 nitrogen and oxygen atoms in total. The fourth-order valence-corrected chi connectivity index (χ4v) is 3.05. The third kappa shape index (κ3) is 2.10. The van der Waals surface area contributed by atoms with Gasteiger partial charge >= 0.3 is 0 Å². The Morgan fingerprint density at radius 2 is 2.17 bits per heavy atom. The summed E-state index contributed by atoms with van der Waals surface area (Å²) in [6.07, 6.45) is 3.52. The summed E-state index contributed by atoms with van der Waals surface area (Å²) >= 11 is 3.57. The van der Waals surface area contributed by atoms with E-state index in [9.17, 15) is 5.11 Å². The van der Waals surface area contributed by atoms with Crippen molar-refractivity contribution in [1.82, 2.24) is 4.98 Å². The number of hydrogen-bond acceptors (Lipinski definition) is 3. The minimum atomic E-state index is -0.233. The van der Waals surface area contributed by atoms with Crippen molar-refractivity contribution in [2.75, 3.05) is 18.0 Å². The van der Waals surface area contributed by atoms with E-state index in [0.717, 1.165) is 35.1 Å². The molecule has 0 radical (unpaired) electrons. The van der Waals surface area contributed by atoms with Crippen LogP contribution in [-0.4, -0.2) is 29.3 Å². The quantitative estimate of drug-likeness (QED) is 0.880. The van der Waals surface area contributed by atoms with E-state index in [1.807, 2.05) is 24.4 Å². The lowest BCUT2D eigenvalue weighted by Gasteiger charge is -2.31. The van der Waals surface area contributed by atoms with Gasteiger partial charge in [0.15, 0.2) is 0 Å². The molecule has 2 heterocycles. The van der Waals surface area contributed by atoms with Gasteiger partial charge in [-0.15, -0.1) is 0 Å². The Labute approximate surface area is 115 Å². The second kappa shape index (κ2) is 4.86. The Kier molecular flexibility index (Phi) is 3.22. The number of aromatic nitrogens is 1. The molecule has 3 rings (SSSR count). The molecule has 1 aliphatic heterocycles. The normalized spacial score (nSPS) is 20.3. The number of pyridine rings is 1. The van der Waals surface area contributed by atoms with E-state index in [-0.39, 0.29) is 6.10 Å². The second-order valence-electron chi connectivity index (χ2n) is 4.71. The molecule has 18 heavy (non-hydrogen) atoms. The number of aliphatic hydroxyl groups excluding tert-OH is 1. The molecule has 1 aromatic carbocycles. The fourth-order valence-electron chi connectivity index (χ4n) is 2.55. The van der Waals surface area contributed by atoms with E-state index in [0.29, 0.717) is 6.54 Å². The average Bonchev–Trinajstić information content (AvgIpc) is 2.39. The maximum atomic E-state index is 9.79. The third-order valence-electron chi connectivity index (χ3n) is 3.43. The summed E-state index contributed by atoms with van der Waals surface area (Å²) in [4.78, 5) is 6.68. The maximum Gasteiger partial charge on any atom is 0.136 e. The first-order chi connectivity index (χ1) is 8.75. The summed E-state index contributed by atoms with van der Waals surface area (Å²) in [7, 11) is 0. The molecule has 94 valence electrons. The van der Waals surface area contributed by atoms with Gasteiger partial charge in [0.2, 0.25) is 0 Å². The number of piperidine rings is 1. The van der Waals surface area contributed by atoms with Gasteiger partial charge in [0.25, 0.3) is 0 Å². The lowest BCUT2D eigenvalue weighted by molar-refractivity contribution is 0.154. The zero-order valence-corrected chi connectivity index (χ0v) is 11.6. The molecule has 1 aliphatic rings. The first-order valence-corrected chi connectivity index (χ1v) is 7.01. The molecular weight excluding hydrogens is 292 g/mol. The number of halogens is 1. The largest absolute Gasteiger partial charge is 0.391 e. The SMILES string of the molecule is O[C@H]1CCCN(c2nccc3c(Br)cccc23)C1. The standard InChI is InChI=1S/C14H15BrN2O/c15-13-5-1-4-12-11(13)6-7-16-14(12)17-8-2-3-10(18)9-17/h1,4-7,10,18H,2-3,8-9H2/t10-/m0/s1. The maximum absolute atomic E-state index is 9.79. The number of rotatable bonds is 1. The predicted octanol–water partition coefficient (Wildman–Crippen LogP) is 2.96. The molecule has 0 bridgehead atoms. The van der Waals surface area contributed by atoms with Crippen LogP contribution in [-0.2, 0) is 0 Å². The van der Waals surface area contributed by atoms with Crippen LogP contribution in [0.5, 0.6) is 0 Å². The van der Waals surface area contributed by atoms with Crippen molar-refractivity contribution >= 4 is 32.5 Å². The molecule has 0 saturated carbocycles. The molecule has 1 atom stereocenters. The van der Waals surface area contributed by atoms with Crippen LogP contribution in [0.2, 0.25) is 0 Å². The number of hydrogen-bond donors (Lipinski definition) is 1. The molecular formula is C14H15BrN2O. The van der Waals surface area contributed by atoms with E-state index in [1.165, 1.54) is 5.39 Å². The van der Waals surface area contributed by atoms with Crippen molar-refractivity contribution in [3.05, 3.63) is 34.9 Å². The van der Waals surface area contributed by atoms with E-state index >= 15 is 0 Å². The lowest BCUT2D eigenvalue weighted by atomic mass is 10.1. The van der Waals surface area contributed by atoms with Crippen molar-refractivity contribution in [3.63, 3.8) is 0 Å². The van der Waals surface area contributed by atoms with Crippen molar-refractivity contribution in [1.29, 1.82) is 0 Å². The van der Waals surface area contributed by atoms with E-state index in [4.69, 9.17) is 0 Å². The van der Waals surface area contributed by atoms with Gasteiger partial charge in [-0.3, -0.25) is 0 Å². The van der Waals surface area contributed by atoms with Crippen LogP contribution in [0.15, 0.2) is 34.9 Å². The number of aliphatic hydroxyl groups is 1. The first-order valence-electron chi connectivity index (χ1n) is 6.22. The van der Waals surface area contributed by atoms with Gasteiger partial charge < -0.3 is 10.0 Å². The Hall–Kier alpha value is -1.13. The highest BCUT2D eigenvalue weighted by molar-refractivity contribution is 9.10. The lowest BCUT2D eigenvalue weighted by Crippen LogP contribution is -2.38. The van der Waals surface area contributed by atoms with E-state index < -0.39 is 0 Å². The predicted molar refractivity (Wildman–Crippen MR) is 76.9 cm³/mol. The van der Waals surface area contributed by atoms with Crippen LogP contribution in [0, 0.1) is 0 Å². The smallest absolute Gasteiger partial charge is 0.136 e. The Balaban J connectivity index is 2.09. The number of fused-ring (bicyclic) bond motifs is 1. The Bertz CT molecular complexity index is 573. The molecule has 0 unspecified atom stereocenters. The highest BCUT2D eigenvalue weighted by Crippen LogP contribution is 2.30. The molecule has 1 fully saturated rings. The van der Waals surface area contributed by atoms with Crippen molar-refractivity contribution in [2.45, 2.75) is 18.9 Å². The summed E-state index contributed by atoms with van der Waals surface area (Å²) in [5.74, 6) is 0.979. The van der Waals surface area contributed by atoms with Crippen LogP contribution in [0.3, 0.4) is 0 Å². The van der Waals surface area contributed by atoms with Crippen LogP contribution in [0.4, 0.5) is 5.82 Å². The van der Waals surface area contributed by atoms with Crippen LogP contribution in [0.1, 0.15) is 12.8 Å². The highest BCUT2D eigenvalue weighted by atomic mass is 79.9. The molecule has 2 aromatic rings. The van der Waals surface area contributed by atoms with E-state index in [2.05, 4.69) is 31.9 Å². The van der Waals surface area contributed by atoms with Gasteiger partial charge in [-0.05, 0) is 25.0 Å². The molecule has 0 spiro atoms. The number of anilines is 1. The van der Waals surface area contributed by atoms with Gasteiger partial charge in [0, 0.05) is 34.5 Å². The van der Waals surface area contributed by atoms with Gasteiger partial charge in [-0.1, -0.05) is 28.1 Å². The van der Waals surface area contributed by atoms with Gasteiger partial charge in [0.1, 0.15) is 5.82 Å². The minimum absolute atomic E-state index is 0.233. The Morgan fingerprint density at radius 1 is 1.28 bits per heavy atom. The monoisotopic (exact) mass is 306 g/mol. The molecule has 1 saturated heterocycles. The van der Waals surface area contributed by atoms with Crippen molar-refractivity contribution in [2.24, 2.45) is 0 Å². The fraction of sp³-hybridized carbons (Fsp3) is 0.357. The summed E-state index contributed by atoms with van der Waals surface area (Å²) in [6, 6.07) is 8.17. The number of β-amino-alcohol motifs (C(OH)–C–C–N with tert-alkyl or cyclic N) is 1. The van der Waals surface area contributed by atoms with Gasteiger partial charge in [0.05, 0.1) is 6.10 Å². The van der Waals surface area contributed by atoms with Crippen LogP contribution < -0.4 is 4.90 Å². The molecule has 4 heteroatoms. The average molecular weight is 307 g/mol. The van der Waals surface area contributed by atoms with E-state index in [1.54, 1.807) is 0 Å². The van der Waals surface area contributed by atoms with Crippen molar-refractivity contribution < 1.29 is 5.11 Å². The van der Waals surface area contributed by atoms with Crippen LogP contribution >= 0.6 is 15.9 Å². The van der Waals surface area contributed by atoms with Crippen LogP contribution in [0.25, 0.3) is 10.8 Å². The van der Waals surface area contributed by atoms with Crippen molar-refractivity contribution in [3.8, 4) is 0 Å². The summed E-state index contributed by atoms with van der Waals surface area (Å²) < 4.78 is 1.08. The minimum Gasteiger partial charge on any atom is -0.391 e. The number of nitrogens with zero attached hydrogens (tertiary/aromatic N) is 2. The summed E-state index contributed by atoms with van der Waals surface area (Å²) in [5.41, 5.74) is 0. The molecule has 1 N–H and O–H groups in total. The Morgan fingerprint density at radius 3 is 3.00 bits per heavy atom. The second-order valence-corrected chi connectivity index (χ2v) is 5.57.